The van der Waals surface area contributed by atoms with Crippen LogP contribution in [0, 0.1) is 19.8 Å². The topological polar surface area (TPSA) is 101 Å². The fourth-order valence-electron chi connectivity index (χ4n) is 5.19. The smallest absolute Gasteiger partial charge is 0.308 e. The minimum Gasteiger partial charge on any atom is -0.325 e. The van der Waals surface area contributed by atoms with Crippen molar-refractivity contribution >= 4 is 52.2 Å². The van der Waals surface area contributed by atoms with Gasteiger partial charge in [0, 0.05) is 28.9 Å². The van der Waals surface area contributed by atoms with Gasteiger partial charge in [-0.1, -0.05) is 59.0 Å². The average Bonchev–Trinajstić information content (AvgIpc) is 3.36. The Kier molecular flexibility index (Phi) is 6.44. The molecule has 0 saturated carbocycles. The number of benzene rings is 2. The average molecular weight is 557 g/mol. The van der Waals surface area contributed by atoms with Crippen molar-refractivity contribution in [3.8, 4) is 0 Å². The van der Waals surface area contributed by atoms with E-state index < -0.39 is 17.1 Å². The van der Waals surface area contributed by atoms with Crippen molar-refractivity contribution in [1.82, 2.24) is 9.55 Å². The number of imide groups is 1. The number of rotatable bonds is 5. The number of thioether (sulfide) groups is 1. The predicted octanol–water partition coefficient (Wildman–Crippen LogP) is 4.36. The van der Waals surface area contributed by atoms with Gasteiger partial charge in [-0.05, 0) is 55.3 Å². The SMILES string of the molecule is Cc1ccc(N2C(=O)C3Sc4c(sc(=O)n4CC(=O)Nc4cccc(C)c4)[C@H](c4cccnc4)C3C2=O)cc1. The second-order valence-corrected chi connectivity index (χ2v) is 11.8. The molecule has 2 aliphatic heterocycles. The number of nitrogens with zero attached hydrogens (tertiary/aromatic N) is 3. The number of carbonyl (C=O) groups excluding carboxylic acids is 3. The maximum absolute atomic E-state index is 13.9. The molecule has 1 saturated heterocycles. The summed E-state index contributed by atoms with van der Waals surface area (Å²) >= 11 is 2.22. The third kappa shape index (κ3) is 4.49. The van der Waals surface area contributed by atoms with E-state index in [2.05, 4.69) is 10.3 Å². The van der Waals surface area contributed by atoms with Gasteiger partial charge in [0.05, 0.1) is 16.6 Å². The summed E-state index contributed by atoms with van der Waals surface area (Å²) < 4.78 is 1.42. The third-order valence-corrected chi connectivity index (χ3v) is 9.59. The fourth-order valence-corrected chi connectivity index (χ4v) is 7.96. The first-order chi connectivity index (χ1) is 18.8. The highest BCUT2D eigenvalue weighted by atomic mass is 32.2. The van der Waals surface area contributed by atoms with Gasteiger partial charge in [-0.2, -0.15) is 0 Å². The van der Waals surface area contributed by atoms with Crippen molar-refractivity contribution in [2.45, 2.75) is 36.6 Å². The van der Waals surface area contributed by atoms with Crippen LogP contribution in [0.5, 0.6) is 0 Å². The Labute approximate surface area is 232 Å². The van der Waals surface area contributed by atoms with Crippen molar-refractivity contribution in [3.63, 3.8) is 0 Å². The van der Waals surface area contributed by atoms with Crippen molar-refractivity contribution in [1.29, 1.82) is 0 Å². The zero-order valence-electron chi connectivity index (χ0n) is 21.2. The number of pyridine rings is 1. The molecule has 2 aromatic heterocycles. The van der Waals surface area contributed by atoms with E-state index in [-0.39, 0.29) is 29.1 Å². The molecule has 2 aliphatic rings. The Hall–Kier alpha value is -4.02. The fraction of sp³-hybridized carbons (Fsp3) is 0.207. The zero-order valence-corrected chi connectivity index (χ0v) is 22.8. The molecule has 1 fully saturated rings. The van der Waals surface area contributed by atoms with Crippen LogP contribution in [0.4, 0.5) is 11.4 Å². The van der Waals surface area contributed by atoms with Crippen LogP contribution in [0.2, 0.25) is 0 Å². The molecule has 39 heavy (non-hydrogen) atoms. The third-order valence-electron chi connectivity index (χ3n) is 6.99. The number of fused-ring (bicyclic) bond motifs is 2. The Balaban J connectivity index is 1.40. The summed E-state index contributed by atoms with van der Waals surface area (Å²) in [7, 11) is 0. The minimum atomic E-state index is -0.739. The first kappa shape index (κ1) is 25.3. The molecule has 3 amide bonds. The van der Waals surface area contributed by atoms with Crippen LogP contribution in [0.15, 0.2) is 82.9 Å². The molecule has 3 atom stereocenters. The lowest BCUT2D eigenvalue weighted by molar-refractivity contribution is -0.122. The minimum absolute atomic E-state index is 0.202. The molecule has 4 heterocycles. The Morgan fingerprint density at radius 1 is 0.974 bits per heavy atom. The van der Waals surface area contributed by atoms with Crippen LogP contribution in [-0.2, 0) is 20.9 Å². The molecule has 196 valence electrons. The number of thiazole rings is 1. The van der Waals surface area contributed by atoms with E-state index in [1.165, 1.54) is 21.2 Å². The number of hydrogen-bond acceptors (Lipinski definition) is 7. The quantitative estimate of drug-likeness (QED) is 0.367. The van der Waals surface area contributed by atoms with Gasteiger partial charge in [0.15, 0.2) is 0 Å². The lowest BCUT2D eigenvalue weighted by Crippen LogP contribution is -2.33. The lowest BCUT2D eigenvalue weighted by Gasteiger charge is -2.30. The van der Waals surface area contributed by atoms with E-state index in [1.807, 2.05) is 50.2 Å². The first-order valence-corrected chi connectivity index (χ1v) is 14.1. The highest BCUT2D eigenvalue weighted by molar-refractivity contribution is 8.00. The molecule has 0 spiro atoms. The Morgan fingerprint density at radius 2 is 1.77 bits per heavy atom. The Bertz CT molecular complexity index is 1660. The normalized spacial score (nSPS) is 20.1. The number of amides is 3. The van der Waals surface area contributed by atoms with E-state index in [1.54, 1.807) is 36.7 Å². The molecule has 0 bridgehead atoms. The highest BCUT2D eigenvalue weighted by Crippen LogP contribution is 2.53. The monoisotopic (exact) mass is 556 g/mol. The van der Waals surface area contributed by atoms with Crippen molar-refractivity contribution < 1.29 is 14.4 Å². The largest absolute Gasteiger partial charge is 0.325 e. The van der Waals surface area contributed by atoms with Crippen LogP contribution in [-0.4, -0.2) is 32.5 Å². The molecule has 0 aliphatic carbocycles. The van der Waals surface area contributed by atoms with E-state index in [0.29, 0.717) is 21.3 Å². The van der Waals surface area contributed by atoms with Gasteiger partial charge >= 0.3 is 4.87 Å². The van der Waals surface area contributed by atoms with Crippen LogP contribution in [0.3, 0.4) is 0 Å². The molecule has 10 heteroatoms. The summed E-state index contributed by atoms with van der Waals surface area (Å²) in [5.41, 5.74) is 3.94. The van der Waals surface area contributed by atoms with E-state index >= 15 is 0 Å². The maximum atomic E-state index is 13.9. The number of anilines is 2. The van der Waals surface area contributed by atoms with Crippen molar-refractivity contribution in [3.05, 3.63) is 104 Å². The summed E-state index contributed by atoms with van der Waals surface area (Å²) in [4.78, 5) is 59.7. The molecule has 6 rings (SSSR count). The zero-order chi connectivity index (χ0) is 27.3. The molecule has 1 N–H and O–H groups in total. The van der Waals surface area contributed by atoms with Gasteiger partial charge in [-0.3, -0.25) is 28.7 Å². The van der Waals surface area contributed by atoms with Gasteiger partial charge in [-0.25, -0.2) is 4.90 Å². The van der Waals surface area contributed by atoms with Gasteiger partial charge in [-0.15, -0.1) is 0 Å². The summed E-state index contributed by atoms with van der Waals surface area (Å²) in [6.45, 7) is 3.67. The number of aromatic nitrogens is 2. The van der Waals surface area contributed by atoms with Gasteiger partial charge in [0.25, 0.3) is 0 Å². The molecule has 0 radical (unpaired) electrons. The molecular formula is C29H24N4O4S2. The van der Waals surface area contributed by atoms with E-state index in [0.717, 1.165) is 28.0 Å². The van der Waals surface area contributed by atoms with Crippen LogP contribution in [0.25, 0.3) is 0 Å². The van der Waals surface area contributed by atoms with E-state index in [9.17, 15) is 19.2 Å². The molecular weight excluding hydrogens is 532 g/mol. The van der Waals surface area contributed by atoms with Gasteiger partial charge < -0.3 is 5.32 Å². The highest BCUT2D eigenvalue weighted by Gasteiger charge is 2.56. The molecule has 2 unspecified atom stereocenters. The van der Waals surface area contributed by atoms with Crippen molar-refractivity contribution in [2.24, 2.45) is 5.92 Å². The summed E-state index contributed by atoms with van der Waals surface area (Å²) in [5.74, 6) is -2.21. The maximum Gasteiger partial charge on any atom is 0.308 e. The lowest BCUT2D eigenvalue weighted by atomic mass is 9.84. The predicted molar refractivity (Wildman–Crippen MR) is 151 cm³/mol. The first-order valence-electron chi connectivity index (χ1n) is 12.4. The summed E-state index contributed by atoms with van der Waals surface area (Å²) in [5, 5.41) is 2.66. The van der Waals surface area contributed by atoms with Crippen LogP contribution < -0.4 is 15.1 Å². The van der Waals surface area contributed by atoms with Crippen molar-refractivity contribution in [2.75, 3.05) is 10.2 Å². The Morgan fingerprint density at radius 3 is 2.49 bits per heavy atom. The number of carbonyl (C=O) groups is 3. The standard InChI is InChI=1S/C29H24N4O4S2/c1-16-8-10-20(11-9-16)33-26(35)23-22(18-6-4-12-30-14-18)25-28(38-24(23)27(33)36)32(29(37)39-25)15-21(34)31-19-7-3-5-17(2)13-19/h3-14,22-24H,15H2,1-2H3,(H,31,34)/t22-,23?,24?/m1/s1. The van der Waals surface area contributed by atoms with Gasteiger partial charge in [0.2, 0.25) is 17.7 Å². The molecule has 8 nitrogen and oxygen atoms in total. The second kappa shape index (κ2) is 9.94. The second-order valence-electron chi connectivity index (χ2n) is 9.72. The van der Waals surface area contributed by atoms with Crippen LogP contribution in [0.1, 0.15) is 27.5 Å². The molecule has 4 aromatic rings. The number of aryl methyl sites for hydroxylation is 2. The summed E-state index contributed by atoms with van der Waals surface area (Å²) in [6.07, 6.45) is 3.32. The molecule has 2 aromatic carbocycles. The number of nitrogens with one attached hydrogen (secondary N) is 1. The van der Waals surface area contributed by atoms with Crippen LogP contribution >= 0.6 is 23.1 Å². The van der Waals surface area contributed by atoms with Gasteiger partial charge in [0.1, 0.15) is 11.8 Å². The summed E-state index contributed by atoms with van der Waals surface area (Å²) in [6, 6.07) is 18.3. The number of hydrogen-bond donors (Lipinski definition) is 1. The van der Waals surface area contributed by atoms with E-state index in [4.69, 9.17) is 0 Å².